The Kier molecular flexibility index (Phi) is 2.89. The first kappa shape index (κ1) is 9.74. The van der Waals surface area contributed by atoms with Crippen LogP contribution >= 0.6 is 0 Å². The highest BCUT2D eigenvalue weighted by Gasteiger charge is 2.29. The van der Waals surface area contributed by atoms with Gasteiger partial charge >= 0.3 is 0 Å². The first-order chi connectivity index (χ1) is 6.83. The lowest BCUT2D eigenvalue weighted by molar-refractivity contribution is 0.176. The lowest BCUT2D eigenvalue weighted by Crippen LogP contribution is -2.37. The van der Waals surface area contributed by atoms with E-state index < -0.39 is 0 Å². The normalized spacial score (nSPS) is 25.4. The molecule has 3 heteroatoms. The van der Waals surface area contributed by atoms with Crippen LogP contribution in [0.2, 0.25) is 0 Å². The lowest BCUT2D eigenvalue weighted by Gasteiger charge is -2.28. The van der Waals surface area contributed by atoms with Crippen LogP contribution in [0.15, 0.2) is 22.8 Å². The summed E-state index contributed by atoms with van der Waals surface area (Å²) < 4.78 is 5.42. The largest absolute Gasteiger partial charge is 0.468 e. The van der Waals surface area contributed by atoms with E-state index in [1.807, 2.05) is 12.1 Å². The van der Waals surface area contributed by atoms with Crippen molar-refractivity contribution in [2.45, 2.75) is 31.8 Å². The molecule has 78 valence electrons. The van der Waals surface area contributed by atoms with Gasteiger partial charge in [0.15, 0.2) is 0 Å². The van der Waals surface area contributed by atoms with Crippen LogP contribution < -0.4 is 5.73 Å². The van der Waals surface area contributed by atoms with Gasteiger partial charge in [0.05, 0.1) is 12.3 Å². The van der Waals surface area contributed by atoms with Crippen LogP contribution in [0, 0.1) is 0 Å². The zero-order valence-corrected chi connectivity index (χ0v) is 8.65. The molecular weight excluding hydrogens is 176 g/mol. The second-order valence-corrected chi connectivity index (χ2v) is 3.96. The molecule has 0 unspecified atom stereocenters. The van der Waals surface area contributed by atoms with Crippen LogP contribution in [0.3, 0.4) is 0 Å². The number of hydrogen-bond donors (Lipinski definition) is 1. The summed E-state index contributed by atoms with van der Waals surface area (Å²) in [5.41, 5.74) is 5.74. The van der Waals surface area contributed by atoms with Crippen LogP contribution in [0.1, 0.15) is 31.6 Å². The number of rotatable bonds is 3. The molecule has 0 radical (unpaired) electrons. The Morgan fingerprint density at radius 2 is 2.57 bits per heavy atom. The Balaban J connectivity index is 2.07. The molecule has 1 aliphatic rings. The summed E-state index contributed by atoms with van der Waals surface area (Å²) in [6.45, 7) is 4.08. The highest BCUT2D eigenvalue weighted by atomic mass is 16.3. The Bertz CT molecular complexity index is 271. The molecule has 0 aromatic carbocycles. The number of hydrogen-bond acceptors (Lipinski definition) is 3. The van der Waals surface area contributed by atoms with E-state index >= 15 is 0 Å². The van der Waals surface area contributed by atoms with Gasteiger partial charge in [0.25, 0.3) is 0 Å². The van der Waals surface area contributed by atoms with Crippen molar-refractivity contribution in [2.24, 2.45) is 5.73 Å². The van der Waals surface area contributed by atoms with Crippen LogP contribution in [0.25, 0.3) is 0 Å². The van der Waals surface area contributed by atoms with E-state index in [0.29, 0.717) is 12.1 Å². The molecule has 0 amide bonds. The minimum absolute atomic E-state index is 0.362. The maximum atomic E-state index is 5.74. The van der Waals surface area contributed by atoms with Crippen molar-refractivity contribution in [1.29, 1.82) is 0 Å². The van der Waals surface area contributed by atoms with Gasteiger partial charge in [0.1, 0.15) is 5.76 Å². The molecular formula is C11H18N2O. The number of nitrogens with zero attached hydrogens (tertiary/aromatic N) is 1. The van der Waals surface area contributed by atoms with Gasteiger partial charge in [-0.3, -0.25) is 4.90 Å². The molecule has 3 nitrogen and oxygen atoms in total. The van der Waals surface area contributed by atoms with Gasteiger partial charge in [0, 0.05) is 12.6 Å². The molecule has 2 atom stereocenters. The highest BCUT2D eigenvalue weighted by Crippen LogP contribution is 2.28. The van der Waals surface area contributed by atoms with E-state index in [1.54, 1.807) is 6.26 Å². The average molecular weight is 194 g/mol. The fourth-order valence-electron chi connectivity index (χ4n) is 2.31. The Morgan fingerprint density at radius 1 is 1.71 bits per heavy atom. The zero-order chi connectivity index (χ0) is 9.97. The van der Waals surface area contributed by atoms with Crippen molar-refractivity contribution in [3.63, 3.8) is 0 Å². The standard InChI is InChI=1S/C11H18N2O/c1-9(11-5-3-7-14-11)13-6-2-4-10(13)8-12/h3,5,7,9-10H,2,4,6,8,12H2,1H3/t9-,10+/m0/s1. The maximum Gasteiger partial charge on any atom is 0.120 e. The summed E-state index contributed by atoms with van der Waals surface area (Å²) >= 11 is 0. The van der Waals surface area contributed by atoms with E-state index in [1.165, 1.54) is 12.8 Å². The predicted molar refractivity (Wildman–Crippen MR) is 55.9 cm³/mol. The van der Waals surface area contributed by atoms with Gasteiger partial charge in [-0.15, -0.1) is 0 Å². The van der Waals surface area contributed by atoms with E-state index in [0.717, 1.165) is 18.8 Å². The topological polar surface area (TPSA) is 42.4 Å². The van der Waals surface area contributed by atoms with Gasteiger partial charge in [-0.1, -0.05) is 0 Å². The van der Waals surface area contributed by atoms with Crippen molar-refractivity contribution in [3.05, 3.63) is 24.2 Å². The van der Waals surface area contributed by atoms with Crippen LogP contribution in [0.5, 0.6) is 0 Å². The summed E-state index contributed by atoms with van der Waals surface area (Å²) in [6, 6.07) is 4.88. The van der Waals surface area contributed by atoms with Crippen molar-refractivity contribution >= 4 is 0 Å². The third-order valence-electron chi connectivity index (χ3n) is 3.15. The van der Waals surface area contributed by atoms with E-state index in [-0.39, 0.29) is 0 Å². The quantitative estimate of drug-likeness (QED) is 0.797. The smallest absolute Gasteiger partial charge is 0.120 e. The van der Waals surface area contributed by atoms with Gasteiger partial charge in [-0.2, -0.15) is 0 Å². The highest BCUT2D eigenvalue weighted by molar-refractivity contribution is 5.05. The molecule has 0 saturated carbocycles. The maximum absolute atomic E-state index is 5.74. The van der Waals surface area contributed by atoms with E-state index in [2.05, 4.69) is 11.8 Å². The summed E-state index contributed by atoms with van der Waals surface area (Å²) in [7, 11) is 0. The first-order valence-corrected chi connectivity index (χ1v) is 5.32. The number of furan rings is 1. The molecule has 1 saturated heterocycles. The summed E-state index contributed by atoms with van der Waals surface area (Å²) in [4.78, 5) is 2.44. The van der Waals surface area contributed by atoms with Gasteiger partial charge in [-0.25, -0.2) is 0 Å². The zero-order valence-electron chi connectivity index (χ0n) is 8.65. The van der Waals surface area contributed by atoms with E-state index in [9.17, 15) is 0 Å². The average Bonchev–Trinajstić information content (AvgIpc) is 2.87. The second-order valence-electron chi connectivity index (χ2n) is 3.96. The number of likely N-dealkylation sites (tertiary alicyclic amines) is 1. The van der Waals surface area contributed by atoms with Gasteiger partial charge in [0.2, 0.25) is 0 Å². The fraction of sp³-hybridized carbons (Fsp3) is 0.636. The van der Waals surface area contributed by atoms with E-state index in [4.69, 9.17) is 10.2 Å². The number of nitrogens with two attached hydrogens (primary N) is 1. The van der Waals surface area contributed by atoms with Crippen molar-refractivity contribution < 1.29 is 4.42 Å². The Hall–Kier alpha value is -0.800. The molecule has 2 N–H and O–H groups in total. The molecule has 14 heavy (non-hydrogen) atoms. The first-order valence-electron chi connectivity index (χ1n) is 5.32. The predicted octanol–water partition coefficient (Wildman–Crippen LogP) is 1.76. The van der Waals surface area contributed by atoms with Crippen molar-refractivity contribution in [3.8, 4) is 0 Å². The molecule has 0 bridgehead atoms. The van der Waals surface area contributed by atoms with Crippen LogP contribution in [-0.4, -0.2) is 24.0 Å². The molecule has 0 spiro atoms. The van der Waals surface area contributed by atoms with Gasteiger partial charge < -0.3 is 10.2 Å². The molecule has 2 rings (SSSR count). The molecule has 2 heterocycles. The lowest BCUT2D eigenvalue weighted by atomic mass is 10.1. The summed E-state index contributed by atoms with van der Waals surface area (Å²) in [5, 5.41) is 0. The third kappa shape index (κ3) is 1.70. The summed E-state index contributed by atoms with van der Waals surface area (Å²) in [6.07, 6.45) is 4.22. The molecule has 1 aromatic heterocycles. The minimum Gasteiger partial charge on any atom is -0.468 e. The van der Waals surface area contributed by atoms with Gasteiger partial charge in [-0.05, 0) is 38.4 Å². The SMILES string of the molecule is C[C@@H](c1ccco1)N1CCC[C@@H]1CN. The van der Waals surface area contributed by atoms with Crippen molar-refractivity contribution in [1.82, 2.24) is 4.90 Å². The molecule has 1 fully saturated rings. The Morgan fingerprint density at radius 3 is 3.21 bits per heavy atom. The summed E-state index contributed by atoms with van der Waals surface area (Å²) in [5.74, 6) is 1.05. The minimum atomic E-state index is 0.362. The monoisotopic (exact) mass is 194 g/mol. The third-order valence-corrected chi connectivity index (χ3v) is 3.15. The van der Waals surface area contributed by atoms with Crippen LogP contribution in [0.4, 0.5) is 0 Å². The van der Waals surface area contributed by atoms with Crippen molar-refractivity contribution in [2.75, 3.05) is 13.1 Å². The molecule has 0 aliphatic carbocycles. The second kappa shape index (κ2) is 4.15. The Labute approximate surface area is 84.9 Å². The molecule has 1 aromatic rings. The fourth-order valence-corrected chi connectivity index (χ4v) is 2.31. The molecule has 1 aliphatic heterocycles. The van der Waals surface area contributed by atoms with Crippen LogP contribution in [-0.2, 0) is 0 Å².